The van der Waals surface area contributed by atoms with Crippen molar-refractivity contribution in [3.8, 4) is 0 Å². The number of hydrogen-bond donors (Lipinski definition) is 0. The van der Waals surface area contributed by atoms with Crippen molar-refractivity contribution in [3.63, 3.8) is 0 Å². The summed E-state index contributed by atoms with van der Waals surface area (Å²) in [5.41, 5.74) is 0.706. The third kappa shape index (κ3) is 3.62. The molecule has 0 aliphatic carbocycles. The second-order valence-corrected chi connectivity index (χ2v) is 4.77. The molecule has 0 N–H and O–H groups in total. The minimum atomic E-state index is 0.208. The van der Waals surface area contributed by atoms with Gasteiger partial charge in [0, 0.05) is 7.05 Å². The Labute approximate surface area is 116 Å². The number of rotatable bonds is 6. The van der Waals surface area contributed by atoms with Gasteiger partial charge in [0.2, 0.25) is 0 Å². The molecular formula is C12H17ClN4O2. The van der Waals surface area contributed by atoms with Crippen LogP contribution in [0.2, 0.25) is 5.15 Å². The molecule has 0 aliphatic rings. The number of nitrogens with zero attached hydrogens (tertiary/aromatic N) is 4. The fraction of sp³-hybridized carbons (Fsp3) is 0.583. The Morgan fingerprint density at radius 1 is 1.32 bits per heavy atom. The van der Waals surface area contributed by atoms with E-state index in [-0.39, 0.29) is 6.10 Å². The van der Waals surface area contributed by atoms with Crippen LogP contribution in [-0.2, 0) is 23.1 Å². The predicted molar refractivity (Wildman–Crippen MR) is 72.1 cm³/mol. The van der Waals surface area contributed by atoms with Crippen molar-refractivity contribution < 1.29 is 9.47 Å². The molecule has 104 valence electrons. The molecule has 19 heavy (non-hydrogen) atoms. The minimum absolute atomic E-state index is 0.208. The van der Waals surface area contributed by atoms with Gasteiger partial charge in [0.15, 0.2) is 11.5 Å². The average Bonchev–Trinajstić information content (AvgIpc) is 2.71. The third-order valence-corrected chi connectivity index (χ3v) is 2.79. The van der Waals surface area contributed by atoms with Gasteiger partial charge in [0.05, 0.1) is 30.9 Å². The molecule has 6 nitrogen and oxygen atoms in total. The van der Waals surface area contributed by atoms with Crippen molar-refractivity contribution in [2.75, 3.05) is 13.2 Å². The number of aromatic nitrogens is 4. The van der Waals surface area contributed by atoms with Crippen LogP contribution in [0.15, 0.2) is 6.20 Å². The van der Waals surface area contributed by atoms with Crippen molar-refractivity contribution in [2.24, 2.45) is 7.05 Å². The quantitative estimate of drug-likeness (QED) is 0.599. The summed E-state index contributed by atoms with van der Waals surface area (Å²) in [6.07, 6.45) is 1.86. The zero-order valence-electron chi connectivity index (χ0n) is 11.3. The smallest absolute Gasteiger partial charge is 0.162 e. The van der Waals surface area contributed by atoms with Gasteiger partial charge in [-0.15, -0.1) is 0 Å². The number of fused-ring (bicyclic) bond motifs is 1. The van der Waals surface area contributed by atoms with Gasteiger partial charge >= 0.3 is 0 Å². The largest absolute Gasteiger partial charge is 0.376 e. The van der Waals surface area contributed by atoms with E-state index in [1.54, 1.807) is 10.9 Å². The van der Waals surface area contributed by atoms with Crippen LogP contribution in [0.4, 0.5) is 0 Å². The second kappa shape index (κ2) is 6.27. The van der Waals surface area contributed by atoms with E-state index in [0.717, 1.165) is 5.39 Å². The van der Waals surface area contributed by atoms with Gasteiger partial charge < -0.3 is 9.47 Å². The molecule has 2 heterocycles. The zero-order chi connectivity index (χ0) is 13.8. The van der Waals surface area contributed by atoms with E-state index in [4.69, 9.17) is 21.1 Å². The SMILES string of the molecule is CC(C)OCCOCc1nc(Cl)c2cnn(C)c2n1. The zero-order valence-corrected chi connectivity index (χ0v) is 12.0. The lowest BCUT2D eigenvalue weighted by atomic mass is 10.4. The minimum Gasteiger partial charge on any atom is -0.376 e. The van der Waals surface area contributed by atoms with Crippen molar-refractivity contribution in [3.05, 3.63) is 17.2 Å². The summed E-state index contributed by atoms with van der Waals surface area (Å²) in [5.74, 6) is 0.547. The van der Waals surface area contributed by atoms with E-state index in [1.807, 2.05) is 20.9 Å². The summed E-state index contributed by atoms with van der Waals surface area (Å²) >= 11 is 6.07. The molecule has 2 aromatic heterocycles. The van der Waals surface area contributed by atoms with Gasteiger partial charge in [-0.3, -0.25) is 4.68 Å². The van der Waals surface area contributed by atoms with Crippen LogP contribution in [-0.4, -0.2) is 39.1 Å². The van der Waals surface area contributed by atoms with Crippen LogP contribution in [0, 0.1) is 0 Å². The highest BCUT2D eigenvalue weighted by atomic mass is 35.5. The van der Waals surface area contributed by atoms with E-state index in [0.29, 0.717) is 36.4 Å². The highest BCUT2D eigenvalue weighted by Crippen LogP contribution is 2.19. The first kappa shape index (κ1) is 14.2. The second-order valence-electron chi connectivity index (χ2n) is 4.41. The van der Waals surface area contributed by atoms with Crippen molar-refractivity contribution in [1.29, 1.82) is 0 Å². The molecule has 0 bridgehead atoms. The van der Waals surface area contributed by atoms with Crippen molar-refractivity contribution in [1.82, 2.24) is 19.7 Å². The van der Waals surface area contributed by atoms with E-state index in [9.17, 15) is 0 Å². The lowest BCUT2D eigenvalue weighted by molar-refractivity contribution is 0.0127. The molecule has 0 radical (unpaired) electrons. The van der Waals surface area contributed by atoms with Crippen LogP contribution in [0.3, 0.4) is 0 Å². The monoisotopic (exact) mass is 284 g/mol. The van der Waals surface area contributed by atoms with Gasteiger partial charge in [-0.05, 0) is 13.8 Å². The first-order chi connectivity index (χ1) is 9.08. The molecule has 2 rings (SSSR count). The van der Waals surface area contributed by atoms with Gasteiger partial charge in [0.25, 0.3) is 0 Å². The molecule has 0 fully saturated rings. The summed E-state index contributed by atoms with van der Waals surface area (Å²) in [7, 11) is 1.81. The summed E-state index contributed by atoms with van der Waals surface area (Å²) in [6.45, 7) is 5.34. The van der Waals surface area contributed by atoms with E-state index in [1.165, 1.54) is 0 Å². The Balaban J connectivity index is 1.95. The molecule has 2 aromatic rings. The fourth-order valence-corrected chi connectivity index (χ4v) is 1.83. The highest BCUT2D eigenvalue weighted by molar-refractivity contribution is 6.33. The first-order valence-electron chi connectivity index (χ1n) is 6.11. The topological polar surface area (TPSA) is 62.1 Å². The Bertz CT molecular complexity index is 556. The van der Waals surface area contributed by atoms with Crippen molar-refractivity contribution >= 4 is 22.6 Å². The molecule has 0 spiro atoms. The average molecular weight is 285 g/mol. The van der Waals surface area contributed by atoms with E-state index >= 15 is 0 Å². The van der Waals surface area contributed by atoms with Crippen LogP contribution in [0.5, 0.6) is 0 Å². The number of aryl methyl sites for hydroxylation is 1. The van der Waals surface area contributed by atoms with E-state index < -0.39 is 0 Å². The molecular weight excluding hydrogens is 268 g/mol. The first-order valence-corrected chi connectivity index (χ1v) is 6.49. The highest BCUT2D eigenvalue weighted by Gasteiger charge is 2.09. The predicted octanol–water partition coefficient (Wildman–Crippen LogP) is 1.96. The van der Waals surface area contributed by atoms with Crippen LogP contribution >= 0.6 is 11.6 Å². The van der Waals surface area contributed by atoms with Gasteiger partial charge in [-0.25, -0.2) is 9.97 Å². The fourth-order valence-electron chi connectivity index (χ4n) is 1.60. The van der Waals surface area contributed by atoms with Gasteiger partial charge in [0.1, 0.15) is 11.8 Å². The Hall–Kier alpha value is -1.24. The standard InChI is InChI=1S/C12H17ClN4O2/c1-8(2)19-5-4-18-7-10-15-11(13)9-6-14-17(3)12(9)16-10/h6,8H,4-5,7H2,1-3H3. The normalized spacial score (nSPS) is 11.6. The molecule has 0 saturated carbocycles. The Morgan fingerprint density at radius 3 is 2.84 bits per heavy atom. The Morgan fingerprint density at radius 2 is 2.11 bits per heavy atom. The van der Waals surface area contributed by atoms with Gasteiger partial charge in [-0.1, -0.05) is 11.6 Å². The molecule has 7 heteroatoms. The molecule has 0 aliphatic heterocycles. The molecule has 0 amide bonds. The maximum absolute atomic E-state index is 6.07. The molecule has 0 unspecified atom stereocenters. The number of halogens is 1. The van der Waals surface area contributed by atoms with Gasteiger partial charge in [-0.2, -0.15) is 5.10 Å². The molecule has 0 aromatic carbocycles. The lowest BCUT2D eigenvalue weighted by Crippen LogP contribution is -2.10. The summed E-state index contributed by atoms with van der Waals surface area (Å²) in [4.78, 5) is 8.55. The maximum Gasteiger partial charge on any atom is 0.162 e. The Kier molecular flexibility index (Phi) is 4.68. The lowest BCUT2D eigenvalue weighted by Gasteiger charge is -2.08. The number of hydrogen-bond acceptors (Lipinski definition) is 5. The summed E-state index contributed by atoms with van der Waals surface area (Å²) in [6, 6.07) is 0. The van der Waals surface area contributed by atoms with E-state index in [2.05, 4.69) is 15.1 Å². The summed E-state index contributed by atoms with van der Waals surface area (Å²) in [5, 5.41) is 5.24. The molecule has 0 saturated heterocycles. The third-order valence-electron chi connectivity index (χ3n) is 2.50. The maximum atomic E-state index is 6.07. The molecule has 0 atom stereocenters. The van der Waals surface area contributed by atoms with Crippen LogP contribution in [0.1, 0.15) is 19.7 Å². The summed E-state index contributed by atoms with van der Waals surface area (Å²) < 4.78 is 12.5. The van der Waals surface area contributed by atoms with Crippen LogP contribution < -0.4 is 0 Å². The van der Waals surface area contributed by atoms with Crippen molar-refractivity contribution in [2.45, 2.75) is 26.6 Å². The number of ether oxygens (including phenoxy) is 2. The van der Waals surface area contributed by atoms with Crippen LogP contribution in [0.25, 0.3) is 11.0 Å².